The number of nitrogens with one attached hydrogen (secondary N) is 2. The highest BCUT2D eigenvalue weighted by molar-refractivity contribution is 5.79. The summed E-state index contributed by atoms with van der Waals surface area (Å²) in [5.41, 5.74) is 3.33. The maximum atomic E-state index is 5.95. The van der Waals surface area contributed by atoms with Gasteiger partial charge in [-0.05, 0) is 24.6 Å². The first kappa shape index (κ1) is 21.6. The van der Waals surface area contributed by atoms with Crippen molar-refractivity contribution in [1.82, 2.24) is 10.6 Å². The number of hydrogen-bond donors (Lipinski definition) is 2. The van der Waals surface area contributed by atoms with Crippen LogP contribution < -0.4 is 20.1 Å². The molecule has 2 aromatic rings. The van der Waals surface area contributed by atoms with Gasteiger partial charge in [-0.3, -0.25) is 4.99 Å². The van der Waals surface area contributed by atoms with E-state index in [0.717, 1.165) is 35.0 Å². The Morgan fingerprint density at radius 3 is 2.32 bits per heavy atom. The SMILES string of the molecule is CN=C(NCc1ccccc1OC)NCc1ccc(C)cc1OCCCOC. The lowest BCUT2D eigenvalue weighted by Gasteiger charge is -2.16. The third-order valence-electron chi connectivity index (χ3n) is 4.28. The maximum Gasteiger partial charge on any atom is 0.191 e. The predicted molar refractivity (Wildman–Crippen MR) is 113 cm³/mol. The van der Waals surface area contributed by atoms with Crippen molar-refractivity contribution < 1.29 is 14.2 Å². The molecule has 0 aliphatic heterocycles. The average Bonchev–Trinajstić information content (AvgIpc) is 2.72. The van der Waals surface area contributed by atoms with Crippen LogP contribution in [0.1, 0.15) is 23.1 Å². The van der Waals surface area contributed by atoms with Crippen molar-refractivity contribution in [1.29, 1.82) is 0 Å². The number of nitrogens with zero attached hydrogens (tertiary/aromatic N) is 1. The van der Waals surface area contributed by atoms with Crippen LogP contribution in [0.4, 0.5) is 0 Å². The van der Waals surface area contributed by atoms with E-state index in [1.54, 1.807) is 21.3 Å². The van der Waals surface area contributed by atoms with Gasteiger partial charge in [0, 0.05) is 51.4 Å². The largest absolute Gasteiger partial charge is 0.496 e. The molecule has 0 saturated carbocycles. The first-order valence-electron chi connectivity index (χ1n) is 9.45. The fourth-order valence-electron chi connectivity index (χ4n) is 2.76. The van der Waals surface area contributed by atoms with Gasteiger partial charge in [0.15, 0.2) is 5.96 Å². The molecule has 0 saturated heterocycles. The third kappa shape index (κ3) is 6.78. The second-order valence-electron chi connectivity index (χ2n) is 6.40. The highest BCUT2D eigenvalue weighted by Crippen LogP contribution is 2.21. The number of guanidine groups is 1. The van der Waals surface area contributed by atoms with Crippen molar-refractivity contribution in [2.24, 2.45) is 4.99 Å². The Morgan fingerprint density at radius 2 is 1.64 bits per heavy atom. The second-order valence-corrected chi connectivity index (χ2v) is 6.40. The summed E-state index contributed by atoms with van der Waals surface area (Å²) >= 11 is 0. The summed E-state index contributed by atoms with van der Waals surface area (Å²) in [7, 11) is 5.14. The van der Waals surface area contributed by atoms with E-state index in [4.69, 9.17) is 14.2 Å². The predicted octanol–water partition coefficient (Wildman–Crippen LogP) is 3.28. The zero-order chi connectivity index (χ0) is 20.2. The number of aliphatic imine (C=N–C) groups is 1. The number of methoxy groups -OCH3 is 2. The Hall–Kier alpha value is -2.73. The molecular weight excluding hydrogens is 354 g/mol. The van der Waals surface area contributed by atoms with Crippen LogP contribution in [0.15, 0.2) is 47.5 Å². The summed E-state index contributed by atoms with van der Waals surface area (Å²) in [4.78, 5) is 4.30. The Bertz CT molecular complexity index is 762. The van der Waals surface area contributed by atoms with Crippen LogP contribution in [-0.2, 0) is 17.8 Å². The van der Waals surface area contributed by atoms with Crippen molar-refractivity contribution in [2.75, 3.05) is 34.5 Å². The van der Waals surface area contributed by atoms with Crippen molar-refractivity contribution in [2.45, 2.75) is 26.4 Å². The van der Waals surface area contributed by atoms with Crippen LogP contribution in [0.5, 0.6) is 11.5 Å². The first-order chi connectivity index (χ1) is 13.7. The molecule has 0 aromatic heterocycles. The molecule has 0 aliphatic rings. The molecule has 0 heterocycles. The summed E-state index contributed by atoms with van der Waals surface area (Å²) < 4.78 is 16.4. The number of rotatable bonds is 10. The van der Waals surface area contributed by atoms with E-state index >= 15 is 0 Å². The van der Waals surface area contributed by atoms with Gasteiger partial charge in [-0.25, -0.2) is 0 Å². The molecule has 0 spiro atoms. The zero-order valence-corrected chi connectivity index (χ0v) is 17.2. The monoisotopic (exact) mass is 385 g/mol. The van der Waals surface area contributed by atoms with Crippen LogP contribution >= 0.6 is 0 Å². The van der Waals surface area contributed by atoms with Crippen LogP contribution in [-0.4, -0.2) is 40.4 Å². The summed E-state index contributed by atoms with van der Waals surface area (Å²) in [5.74, 6) is 2.47. The van der Waals surface area contributed by atoms with Gasteiger partial charge in [-0.1, -0.05) is 30.3 Å². The van der Waals surface area contributed by atoms with Gasteiger partial charge < -0.3 is 24.8 Å². The first-order valence-corrected chi connectivity index (χ1v) is 9.45. The molecule has 0 amide bonds. The molecular formula is C22H31N3O3. The van der Waals surface area contributed by atoms with Crippen molar-refractivity contribution in [3.05, 3.63) is 59.2 Å². The van der Waals surface area contributed by atoms with Gasteiger partial charge in [0.1, 0.15) is 11.5 Å². The van der Waals surface area contributed by atoms with Crippen molar-refractivity contribution >= 4 is 5.96 Å². The normalized spacial score (nSPS) is 11.2. The molecule has 0 radical (unpaired) electrons. The third-order valence-corrected chi connectivity index (χ3v) is 4.28. The molecule has 152 valence electrons. The van der Waals surface area contributed by atoms with E-state index in [-0.39, 0.29) is 0 Å². The fourth-order valence-corrected chi connectivity index (χ4v) is 2.76. The molecule has 28 heavy (non-hydrogen) atoms. The highest BCUT2D eigenvalue weighted by atomic mass is 16.5. The Labute approximate surface area is 167 Å². The van der Waals surface area contributed by atoms with Crippen LogP contribution in [0.25, 0.3) is 0 Å². The molecule has 0 unspecified atom stereocenters. The van der Waals surface area contributed by atoms with Gasteiger partial charge in [0.25, 0.3) is 0 Å². The zero-order valence-electron chi connectivity index (χ0n) is 17.2. The van der Waals surface area contributed by atoms with Crippen LogP contribution in [0.3, 0.4) is 0 Å². The van der Waals surface area contributed by atoms with Gasteiger partial charge in [0.2, 0.25) is 0 Å². The van der Waals surface area contributed by atoms with E-state index in [1.165, 1.54) is 5.56 Å². The lowest BCUT2D eigenvalue weighted by molar-refractivity contribution is 0.171. The standard InChI is InChI=1S/C22H31N3O3/c1-17-10-11-19(21(14-17)28-13-7-12-26-3)16-25-22(23-2)24-15-18-8-5-6-9-20(18)27-4/h5-6,8-11,14H,7,12-13,15-16H2,1-4H3,(H2,23,24,25). The van der Waals surface area contributed by atoms with Gasteiger partial charge in [-0.2, -0.15) is 0 Å². The maximum absolute atomic E-state index is 5.95. The number of para-hydroxylation sites is 1. The molecule has 2 N–H and O–H groups in total. The van der Waals surface area contributed by atoms with Gasteiger partial charge in [-0.15, -0.1) is 0 Å². The minimum atomic E-state index is 0.617. The summed E-state index contributed by atoms with van der Waals surface area (Å²) in [6.45, 7) is 4.63. The van der Waals surface area contributed by atoms with E-state index in [9.17, 15) is 0 Å². The van der Waals surface area contributed by atoms with E-state index in [1.807, 2.05) is 24.3 Å². The van der Waals surface area contributed by atoms with Crippen LogP contribution in [0.2, 0.25) is 0 Å². The lowest BCUT2D eigenvalue weighted by Crippen LogP contribution is -2.36. The number of hydrogen-bond acceptors (Lipinski definition) is 4. The van der Waals surface area contributed by atoms with Gasteiger partial charge in [0.05, 0.1) is 13.7 Å². The fraction of sp³-hybridized carbons (Fsp3) is 0.409. The number of benzene rings is 2. The summed E-state index contributed by atoms with van der Waals surface area (Å²) in [5, 5.41) is 6.67. The van der Waals surface area contributed by atoms with E-state index in [2.05, 4.69) is 40.7 Å². The molecule has 2 aromatic carbocycles. The van der Waals surface area contributed by atoms with E-state index in [0.29, 0.717) is 26.3 Å². The van der Waals surface area contributed by atoms with Gasteiger partial charge >= 0.3 is 0 Å². The van der Waals surface area contributed by atoms with Crippen molar-refractivity contribution in [3.63, 3.8) is 0 Å². The van der Waals surface area contributed by atoms with Crippen molar-refractivity contribution in [3.8, 4) is 11.5 Å². The molecule has 0 atom stereocenters. The van der Waals surface area contributed by atoms with E-state index < -0.39 is 0 Å². The molecule has 0 aliphatic carbocycles. The van der Waals surface area contributed by atoms with Crippen LogP contribution in [0, 0.1) is 6.92 Å². The lowest BCUT2D eigenvalue weighted by atomic mass is 10.1. The topological polar surface area (TPSA) is 64.1 Å². The smallest absolute Gasteiger partial charge is 0.191 e. The average molecular weight is 386 g/mol. The minimum absolute atomic E-state index is 0.617. The highest BCUT2D eigenvalue weighted by Gasteiger charge is 2.07. The minimum Gasteiger partial charge on any atom is -0.496 e. The molecule has 0 fully saturated rings. The molecule has 0 bridgehead atoms. The molecule has 6 nitrogen and oxygen atoms in total. The molecule has 6 heteroatoms. The Morgan fingerprint density at radius 1 is 0.929 bits per heavy atom. The summed E-state index contributed by atoms with van der Waals surface area (Å²) in [6.07, 6.45) is 0.861. The number of ether oxygens (including phenoxy) is 3. The Balaban J connectivity index is 1.93. The summed E-state index contributed by atoms with van der Waals surface area (Å²) in [6, 6.07) is 14.2. The number of aryl methyl sites for hydroxylation is 1. The molecule has 2 rings (SSSR count). The quantitative estimate of drug-likeness (QED) is 0.373. The second kappa shape index (κ2) is 11.9. The Kier molecular flexibility index (Phi) is 9.15.